The van der Waals surface area contributed by atoms with E-state index in [0.29, 0.717) is 6.04 Å². The SMILES string of the molecule is O=C(/C=C/c1cnn(-c2ccccc2)c1)NCC(=O)NC1CC1. The highest BCUT2D eigenvalue weighted by Crippen LogP contribution is 2.18. The highest BCUT2D eigenvalue weighted by Gasteiger charge is 2.22. The van der Waals surface area contributed by atoms with E-state index in [-0.39, 0.29) is 18.4 Å². The summed E-state index contributed by atoms with van der Waals surface area (Å²) in [5.74, 6) is -0.449. The van der Waals surface area contributed by atoms with Crippen molar-refractivity contribution in [3.05, 3.63) is 54.4 Å². The van der Waals surface area contributed by atoms with E-state index in [4.69, 9.17) is 0 Å². The summed E-state index contributed by atoms with van der Waals surface area (Å²) in [6, 6.07) is 10.0. The number of aromatic nitrogens is 2. The summed E-state index contributed by atoms with van der Waals surface area (Å²) >= 11 is 0. The Hall–Kier alpha value is -2.89. The van der Waals surface area contributed by atoms with Crippen molar-refractivity contribution in [2.45, 2.75) is 18.9 Å². The molecule has 1 fully saturated rings. The molecule has 2 amide bonds. The van der Waals surface area contributed by atoms with E-state index in [1.165, 1.54) is 6.08 Å². The third-order valence-electron chi connectivity index (χ3n) is 3.42. The van der Waals surface area contributed by atoms with Crippen LogP contribution >= 0.6 is 0 Å². The number of para-hydroxylation sites is 1. The average molecular weight is 310 g/mol. The Balaban J connectivity index is 1.50. The maximum atomic E-state index is 11.7. The van der Waals surface area contributed by atoms with Gasteiger partial charge in [-0.2, -0.15) is 5.10 Å². The first kappa shape index (κ1) is 15.0. The number of nitrogens with one attached hydrogen (secondary N) is 2. The molecule has 1 saturated carbocycles. The number of nitrogens with zero attached hydrogens (tertiary/aromatic N) is 2. The molecule has 0 saturated heterocycles. The molecule has 0 spiro atoms. The number of carbonyl (C=O) groups excluding carboxylic acids is 2. The number of rotatable bonds is 6. The minimum absolute atomic E-state index is 0.00293. The Morgan fingerprint density at radius 3 is 2.78 bits per heavy atom. The van der Waals surface area contributed by atoms with Crippen molar-refractivity contribution < 1.29 is 9.59 Å². The molecular formula is C17H18N4O2. The zero-order valence-electron chi connectivity index (χ0n) is 12.6. The van der Waals surface area contributed by atoms with Crippen molar-refractivity contribution >= 4 is 17.9 Å². The summed E-state index contributed by atoms with van der Waals surface area (Å²) in [4.78, 5) is 23.2. The number of amides is 2. The van der Waals surface area contributed by atoms with Crippen LogP contribution < -0.4 is 10.6 Å². The lowest BCUT2D eigenvalue weighted by Gasteiger charge is -2.03. The first-order valence-corrected chi connectivity index (χ1v) is 7.56. The first-order valence-electron chi connectivity index (χ1n) is 7.56. The molecule has 6 heteroatoms. The summed E-state index contributed by atoms with van der Waals surface area (Å²) < 4.78 is 1.74. The van der Waals surface area contributed by atoms with Gasteiger partial charge in [-0.15, -0.1) is 0 Å². The van der Waals surface area contributed by atoms with E-state index in [9.17, 15) is 9.59 Å². The zero-order valence-corrected chi connectivity index (χ0v) is 12.6. The number of hydrogen-bond acceptors (Lipinski definition) is 3. The largest absolute Gasteiger partial charge is 0.352 e. The molecule has 0 unspecified atom stereocenters. The van der Waals surface area contributed by atoms with Crippen LogP contribution in [0.25, 0.3) is 11.8 Å². The lowest BCUT2D eigenvalue weighted by Crippen LogP contribution is -2.37. The van der Waals surface area contributed by atoms with Crippen molar-refractivity contribution in [2.75, 3.05) is 6.54 Å². The molecule has 2 aromatic rings. The zero-order chi connectivity index (χ0) is 16.1. The highest BCUT2D eigenvalue weighted by molar-refractivity contribution is 5.94. The second kappa shape index (κ2) is 6.91. The Kier molecular flexibility index (Phi) is 4.52. The second-order valence-electron chi connectivity index (χ2n) is 5.45. The van der Waals surface area contributed by atoms with Crippen LogP contribution in [0.4, 0.5) is 0 Å². The maximum Gasteiger partial charge on any atom is 0.244 e. The number of carbonyl (C=O) groups is 2. The van der Waals surface area contributed by atoms with E-state index in [2.05, 4.69) is 15.7 Å². The van der Waals surface area contributed by atoms with Gasteiger partial charge in [0.2, 0.25) is 11.8 Å². The molecule has 0 aliphatic heterocycles. The van der Waals surface area contributed by atoms with Crippen LogP contribution in [-0.2, 0) is 9.59 Å². The molecular weight excluding hydrogens is 292 g/mol. The van der Waals surface area contributed by atoms with Crippen molar-refractivity contribution in [3.63, 3.8) is 0 Å². The van der Waals surface area contributed by atoms with E-state index >= 15 is 0 Å². The predicted octanol–water partition coefficient (Wildman–Crippen LogP) is 1.28. The van der Waals surface area contributed by atoms with Gasteiger partial charge in [-0.3, -0.25) is 9.59 Å². The third kappa shape index (κ3) is 4.54. The lowest BCUT2D eigenvalue weighted by atomic mass is 10.3. The fraction of sp³-hybridized carbons (Fsp3) is 0.235. The van der Waals surface area contributed by atoms with E-state index in [1.54, 1.807) is 17.0 Å². The van der Waals surface area contributed by atoms with Gasteiger partial charge in [0, 0.05) is 23.9 Å². The number of benzene rings is 1. The van der Waals surface area contributed by atoms with Gasteiger partial charge in [-0.05, 0) is 31.1 Å². The molecule has 0 radical (unpaired) electrons. The minimum atomic E-state index is -0.302. The third-order valence-corrected chi connectivity index (χ3v) is 3.42. The fourth-order valence-electron chi connectivity index (χ4n) is 2.05. The Labute approximate surface area is 134 Å². The van der Waals surface area contributed by atoms with Crippen LogP contribution in [-0.4, -0.2) is 34.2 Å². The standard InChI is InChI=1S/C17H18N4O2/c22-16(18-11-17(23)20-14-7-8-14)9-6-13-10-19-21(12-13)15-4-2-1-3-5-15/h1-6,9-10,12,14H,7-8,11H2,(H,18,22)(H,20,23)/b9-6+. The van der Waals surface area contributed by atoms with Crippen LogP contribution in [0.2, 0.25) is 0 Å². The van der Waals surface area contributed by atoms with Crippen molar-refractivity contribution in [1.29, 1.82) is 0 Å². The molecule has 3 rings (SSSR count). The molecule has 23 heavy (non-hydrogen) atoms. The van der Waals surface area contributed by atoms with Gasteiger partial charge in [-0.1, -0.05) is 18.2 Å². The molecule has 1 aromatic carbocycles. The summed E-state index contributed by atoms with van der Waals surface area (Å²) in [6.45, 7) is 0.00293. The quantitative estimate of drug-likeness (QED) is 0.789. The van der Waals surface area contributed by atoms with E-state index < -0.39 is 0 Å². The molecule has 1 heterocycles. The monoisotopic (exact) mass is 310 g/mol. The maximum absolute atomic E-state index is 11.7. The van der Waals surface area contributed by atoms with Gasteiger partial charge < -0.3 is 10.6 Å². The summed E-state index contributed by atoms with van der Waals surface area (Å²) in [5.41, 5.74) is 1.76. The smallest absolute Gasteiger partial charge is 0.244 e. The summed E-state index contributed by atoms with van der Waals surface area (Å²) in [6.07, 6.45) is 8.64. The summed E-state index contributed by atoms with van der Waals surface area (Å²) in [5, 5.41) is 9.62. The minimum Gasteiger partial charge on any atom is -0.352 e. The number of hydrogen-bond donors (Lipinski definition) is 2. The van der Waals surface area contributed by atoms with E-state index in [1.807, 2.05) is 36.5 Å². The average Bonchev–Trinajstić information content (AvgIpc) is 3.25. The van der Waals surface area contributed by atoms with Gasteiger partial charge >= 0.3 is 0 Å². The molecule has 0 atom stereocenters. The molecule has 0 bridgehead atoms. The Morgan fingerprint density at radius 2 is 2.04 bits per heavy atom. The lowest BCUT2D eigenvalue weighted by molar-refractivity contribution is -0.124. The van der Waals surface area contributed by atoms with Crippen molar-refractivity contribution in [1.82, 2.24) is 20.4 Å². The van der Waals surface area contributed by atoms with Gasteiger partial charge in [0.05, 0.1) is 18.4 Å². The van der Waals surface area contributed by atoms with Crippen LogP contribution in [0, 0.1) is 0 Å². The van der Waals surface area contributed by atoms with Gasteiger partial charge in [-0.25, -0.2) is 4.68 Å². The predicted molar refractivity (Wildman–Crippen MR) is 86.8 cm³/mol. The molecule has 6 nitrogen and oxygen atoms in total. The molecule has 1 aliphatic carbocycles. The topological polar surface area (TPSA) is 76.0 Å². The van der Waals surface area contributed by atoms with Gasteiger partial charge in [0.15, 0.2) is 0 Å². The summed E-state index contributed by atoms with van der Waals surface area (Å²) in [7, 11) is 0. The van der Waals surface area contributed by atoms with Gasteiger partial charge in [0.25, 0.3) is 0 Å². The fourth-order valence-corrected chi connectivity index (χ4v) is 2.05. The highest BCUT2D eigenvalue weighted by atomic mass is 16.2. The molecule has 118 valence electrons. The molecule has 1 aromatic heterocycles. The van der Waals surface area contributed by atoms with Crippen LogP contribution in [0.5, 0.6) is 0 Å². The second-order valence-corrected chi connectivity index (χ2v) is 5.45. The van der Waals surface area contributed by atoms with Crippen LogP contribution in [0.3, 0.4) is 0 Å². The normalized spacial score (nSPS) is 13.9. The van der Waals surface area contributed by atoms with Gasteiger partial charge in [0.1, 0.15) is 0 Å². The van der Waals surface area contributed by atoms with Crippen LogP contribution in [0.15, 0.2) is 48.8 Å². The first-order chi connectivity index (χ1) is 11.2. The molecule has 2 N–H and O–H groups in total. The van der Waals surface area contributed by atoms with Crippen molar-refractivity contribution in [2.24, 2.45) is 0 Å². The molecule has 1 aliphatic rings. The van der Waals surface area contributed by atoms with Crippen molar-refractivity contribution in [3.8, 4) is 5.69 Å². The van der Waals surface area contributed by atoms with E-state index in [0.717, 1.165) is 24.1 Å². The van der Waals surface area contributed by atoms with Crippen LogP contribution in [0.1, 0.15) is 18.4 Å². The Bertz CT molecular complexity index is 717. The Morgan fingerprint density at radius 1 is 1.26 bits per heavy atom.